The van der Waals surface area contributed by atoms with E-state index in [0.29, 0.717) is 5.92 Å². The molecule has 0 aliphatic heterocycles. The van der Waals surface area contributed by atoms with Gasteiger partial charge in [-0.3, -0.25) is 0 Å². The number of pyridine rings is 1. The van der Waals surface area contributed by atoms with Crippen molar-refractivity contribution in [1.29, 1.82) is 0 Å². The maximum Gasteiger partial charge on any atom is 0.138 e. The molecule has 0 aliphatic rings. The zero-order valence-electron chi connectivity index (χ0n) is 13.1. The van der Waals surface area contributed by atoms with Gasteiger partial charge in [-0.2, -0.15) is 0 Å². The Morgan fingerprint density at radius 3 is 3.00 bits per heavy atom. The molecule has 21 heavy (non-hydrogen) atoms. The third kappa shape index (κ3) is 4.73. The highest BCUT2D eigenvalue weighted by Crippen LogP contribution is 2.24. The number of methoxy groups -OCH3 is 1. The van der Waals surface area contributed by atoms with Gasteiger partial charge in [-0.1, -0.05) is 19.9 Å². The van der Waals surface area contributed by atoms with Crippen molar-refractivity contribution in [3.8, 4) is 0 Å². The van der Waals surface area contributed by atoms with Gasteiger partial charge in [0.2, 0.25) is 0 Å². The molecular formula is C16H25N3OS. The molecule has 5 heteroatoms. The van der Waals surface area contributed by atoms with Crippen molar-refractivity contribution in [3.63, 3.8) is 0 Å². The van der Waals surface area contributed by atoms with E-state index in [-0.39, 0.29) is 0 Å². The van der Waals surface area contributed by atoms with Crippen LogP contribution in [0.1, 0.15) is 26.0 Å². The molecule has 0 spiro atoms. The molecule has 0 radical (unpaired) electrons. The van der Waals surface area contributed by atoms with Crippen LogP contribution in [0.25, 0.3) is 5.65 Å². The summed E-state index contributed by atoms with van der Waals surface area (Å²) >= 11 is 1.82. The van der Waals surface area contributed by atoms with Crippen LogP contribution >= 0.6 is 11.8 Å². The van der Waals surface area contributed by atoms with Crippen LogP contribution in [0.15, 0.2) is 29.4 Å². The van der Waals surface area contributed by atoms with Gasteiger partial charge in [-0.25, -0.2) is 4.98 Å². The zero-order valence-corrected chi connectivity index (χ0v) is 13.9. The third-order valence-electron chi connectivity index (χ3n) is 3.17. The molecule has 2 aromatic heterocycles. The van der Waals surface area contributed by atoms with Gasteiger partial charge in [0.05, 0.1) is 5.69 Å². The van der Waals surface area contributed by atoms with E-state index in [2.05, 4.69) is 41.9 Å². The van der Waals surface area contributed by atoms with Crippen molar-refractivity contribution in [2.75, 3.05) is 26.0 Å². The van der Waals surface area contributed by atoms with E-state index < -0.39 is 0 Å². The molecule has 0 aromatic carbocycles. The lowest BCUT2D eigenvalue weighted by Gasteiger charge is -2.09. The molecule has 2 aromatic rings. The van der Waals surface area contributed by atoms with E-state index in [1.54, 1.807) is 7.11 Å². The number of hydrogen-bond donors (Lipinski definition) is 1. The van der Waals surface area contributed by atoms with Gasteiger partial charge in [0.15, 0.2) is 0 Å². The summed E-state index contributed by atoms with van der Waals surface area (Å²) in [5.41, 5.74) is 2.28. The number of rotatable bonds is 9. The number of hydrogen-bond acceptors (Lipinski definition) is 4. The highest BCUT2D eigenvalue weighted by Gasteiger charge is 2.12. The minimum Gasteiger partial charge on any atom is -0.385 e. The van der Waals surface area contributed by atoms with Gasteiger partial charge in [-0.15, -0.1) is 11.8 Å². The molecule has 0 aliphatic carbocycles. The second-order valence-electron chi connectivity index (χ2n) is 5.51. The Morgan fingerprint density at radius 1 is 1.38 bits per heavy atom. The molecule has 1 N–H and O–H groups in total. The molecule has 0 amide bonds. The summed E-state index contributed by atoms with van der Waals surface area (Å²) < 4.78 is 7.30. The van der Waals surface area contributed by atoms with Crippen molar-refractivity contribution in [3.05, 3.63) is 30.1 Å². The lowest BCUT2D eigenvalue weighted by atomic mass is 10.2. The van der Waals surface area contributed by atoms with Crippen LogP contribution in [-0.2, 0) is 11.3 Å². The molecule has 0 saturated carbocycles. The summed E-state index contributed by atoms with van der Waals surface area (Å²) in [6.45, 7) is 7.13. The highest BCUT2D eigenvalue weighted by atomic mass is 32.2. The largest absolute Gasteiger partial charge is 0.385 e. The smallest absolute Gasteiger partial charge is 0.138 e. The van der Waals surface area contributed by atoms with E-state index in [1.807, 2.05) is 17.8 Å². The van der Waals surface area contributed by atoms with Crippen LogP contribution in [0, 0.1) is 5.92 Å². The molecule has 4 nitrogen and oxygen atoms in total. The first-order valence-corrected chi connectivity index (χ1v) is 8.49. The number of fused-ring (bicyclic) bond motifs is 1. The van der Waals surface area contributed by atoms with Crippen LogP contribution < -0.4 is 5.32 Å². The van der Waals surface area contributed by atoms with Gasteiger partial charge < -0.3 is 14.5 Å². The van der Waals surface area contributed by atoms with Gasteiger partial charge >= 0.3 is 0 Å². The summed E-state index contributed by atoms with van der Waals surface area (Å²) in [6, 6.07) is 6.15. The Labute approximate surface area is 131 Å². The molecule has 0 bridgehead atoms. The molecule has 0 fully saturated rings. The average molecular weight is 307 g/mol. The predicted molar refractivity (Wildman–Crippen MR) is 89.0 cm³/mol. The van der Waals surface area contributed by atoms with E-state index in [9.17, 15) is 0 Å². The number of nitrogens with one attached hydrogen (secondary N) is 1. The number of nitrogens with zero attached hydrogens (tertiary/aromatic N) is 2. The maximum atomic E-state index is 5.11. The van der Waals surface area contributed by atoms with Crippen molar-refractivity contribution < 1.29 is 4.74 Å². The monoisotopic (exact) mass is 307 g/mol. The lowest BCUT2D eigenvalue weighted by Crippen LogP contribution is -2.20. The maximum absolute atomic E-state index is 5.11. The van der Waals surface area contributed by atoms with Crippen molar-refractivity contribution in [1.82, 2.24) is 14.7 Å². The summed E-state index contributed by atoms with van der Waals surface area (Å²) in [5, 5.41) is 4.66. The van der Waals surface area contributed by atoms with Crippen LogP contribution in [0.2, 0.25) is 0 Å². The van der Waals surface area contributed by atoms with E-state index >= 15 is 0 Å². The Bertz CT molecular complexity index is 553. The second kappa shape index (κ2) is 8.41. The van der Waals surface area contributed by atoms with Crippen molar-refractivity contribution >= 4 is 17.4 Å². The first kappa shape index (κ1) is 16.3. The van der Waals surface area contributed by atoms with E-state index in [4.69, 9.17) is 9.72 Å². The molecule has 0 atom stereocenters. The molecule has 2 rings (SSSR count). The highest BCUT2D eigenvalue weighted by molar-refractivity contribution is 7.99. The number of thioether (sulfide) groups is 1. The normalized spacial score (nSPS) is 11.6. The van der Waals surface area contributed by atoms with Crippen molar-refractivity contribution in [2.24, 2.45) is 5.92 Å². The minimum absolute atomic E-state index is 0.655. The number of aromatic nitrogens is 2. The summed E-state index contributed by atoms with van der Waals surface area (Å²) in [7, 11) is 1.75. The molecule has 2 heterocycles. The Hall–Kier alpha value is -1.04. The summed E-state index contributed by atoms with van der Waals surface area (Å²) in [4.78, 5) is 4.75. The lowest BCUT2D eigenvalue weighted by molar-refractivity contribution is 0.200. The van der Waals surface area contributed by atoms with Crippen molar-refractivity contribution in [2.45, 2.75) is 31.8 Å². The quantitative estimate of drug-likeness (QED) is 0.570. The topological polar surface area (TPSA) is 38.6 Å². The number of ether oxygens (including phenoxy) is 1. The van der Waals surface area contributed by atoms with Crippen LogP contribution in [0.4, 0.5) is 0 Å². The first-order chi connectivity index (χ1) is 10.2. The van der Waals surface area contributed by atoms with Gasteiger partial charge in [-0.05, 0) is 31.0 Å². The Morgan fingerprint density at radius 2 is 2.24 bits per heavy atom. The molecule has 0 saturated heterocycles. The number of imidazole rings is 1. The Kier molecular flexibility index (Phi) is 6.54. The predicted octanol–water partition coefficient (Wildman–Crippen LogP) is 3.21. The van der Waals surface area contributed by atoms with Crippen LogP contribution in [-0.4, -0.2) is 35.4 Å². The Balaban J connectivity index is 2.09. The fourth-order valence-electron chi connectivity index (χ4n) is 2.15. The van der Waals surface area contributed by atoms with Crippen LogP contribution in [0.5, 0.6) is 0 Å². The fourth-order valence-corrected chi connectivity index (χ4v) is 3.10. The van der Waals surface area contributed by atoms with Crippen LogP contribution in [0.3, 0.4) is 0 Å². The molecule has 0 unspecified atom stereocenters. The van der Waals surface area contributed by atoms with Gasteiger partial charge in [0.1, 0.15) is 10.7 Å². The molecule has 116 valence electrons. The molecular weight excluding hydrogens is 282 g/mol. The van der Waals surface area contributed by atoms with E-state index in [1.165, 1.54) is 5.69 Å². The summed E-state index contributed by atoms with van der Waals surface area (Å²) in [6.07, 6.45) is 3.14. The average Bonchev–Trinajstić information content (AvgIpc) is 2.81. The zero-order chi connectivity index (χ0) is 15.1. The van der Waals surface area contributed by atoms with Gasteiger partial charge in [0, 0.05) is 32.2 Å². The first-order valence-electron chi connectivity index (χ1n) is 7.50. The van der Waals surface area contributed by atoms with E-state index in [0.717, 1.165) is 42.5 Å². The summed E-state index contributed by atoms with van der Waals surface area (Å²) in [5.74, 6) is 1.69. The standard InChI is InChI=1S/C16H25N3OS/c1-13(2)11-17-12-14-16(21-10-6-9-20-3)18-15-7-4-5-8-19(14)15/h4-5,7-8,13,17H,6,9-12H2,1-3H3. The second-order valence-corrected chi connectivity index (χ2v) is 6.60. The van der Waals surface area contributed by atoms with Gasteiger partial charge in [0.25, 0.3) is 0 Å². The SMILES string of the molecule is COCCCSc1nc2ccccn2c1CNCC(C)C. The minimum atomic E-state index is 0.655. The fraction of sp³-hybridized carbons (Fsp3) is 0.562. The third-order valence-corrected chi connectivity index (χ3v) is 4.26.